The molecule has 2 aromatic rings. The van der Waals surface area contributed by atoms with E-state index in [0.717, 1.165) is 0 Å². The highest BCUT2D eigenvalue weighted by Gasteiger charge is 2.24. The van der Waals surface area contributed by atoms with Gasteiger partial charge in [-0.3, -0.25) is 9.59 Å². The van der Waals surface area contributed by atoms with Crippen molar-refractivity contribution in [1.82, 2.24) is 0 Å². The zero-order chi connectivity index (χ0) is 23.7. The topological polar surface area (TPSA) is 108 Å². The summed E-state index contributed by atoms with van der Waals surface area (Å²) in [7, 11) is 2.89. The lowest BCUT2D eigenvalue weighted by atomic mass is 10.2. The minimum absolute atomic E-state index is 0.236. The van der Waals surface area contributed by atoms with Crippen molar-refractivity contribution in [2.45, 2.75) is 26.8 Å². The van der Waals surface area contributed by atoms with Gasteiger partial charge in [-0.25, -0.2) is 0 Å². The number of nitrogens with zero attached hydrogens (tertiary/aromatic N) is 2. The standard InChI is InChI=1S/C22H26ClN3O6/c1-6-31-16-8-15(9-17(12-16)32-7-2)25-26-20(13(3)27)22(28)24-14-10-18(23)21(30-5)19(11-14)29-4/h8-12,20H,6-7H2,1-5H3,(H,24,28). The van der Waals surface area contributed by atoms with Crippen LogP contribution in [0.3, 0.4) is 0 Å². The Bertz CT molecular complexity index is 972. The molecule has 1 N–H and O–H groups in total. The number of rotatable bonds is 11. The molecule has 0 saturated heterocycles. The molecule has 0 bridgehead atoms. The average Bonchev–Trinajstić information content (AvgIpc) is 2.73. The maximum atomic E-state index is 12.7. The van der Waals surface area contributed by atoms with Crippen LogP contribution in [0.25, 0.3) is 0 Å². The summed E-state index contributed by atoms with van der Waals surface area (Å²) in [6.45, 7) is 5.88. The molecule has 0 aliphatic carbocycles. The summed E-state index contributed by atoms with van der Waals surface area (Å²) in [5.74, 6) is 0.577. The summed E-state index contributed by atoms with van der Waals surface area (Å²) in [6, 6.07) is 6.64. The number of anilines is 1. The molecule has 0 spiro atoms. The molecule has 0 fully saturated rings. The van der Waals surface area contributed by atoms with Gasteiger partial charge in [0.1, 0.15) is 11.5 Å². The lowest BCUT2D eigenvalue weighted by Crippen LogP contribution is -2.31. The van der Waals surface area contributed by atoms with Crippen LogP contribution >= 0.6 is 11.6 Å². The Morgan fingerprint density at radius 3 is 2.12 bits per heavy atom. The third kappa shape index (κ3) is 6.58. The van der Waals surface area contributed by atoms with Crippen molar-refractivity contribution in [3.8, 4) is 23.0 Å². The summed E-state index contributed by atoms with van der Waals surface area (Å²) in [6.07, 6.45) is 0. The van der Waals surface area contributed by atoms with E-state index >= 15 is 0 Å². The lowest BCUT2D eigenvalue weighted by Gasteiger charge is -2.14. The van der Waals surface area contributed by atoms with E-state index in [2.05, 4.69) is 15.5 Å². The largest absolute Gasteiger partial charge is 0.494 e. The van der Waals surface area contributed by atoms with Gasteiger partial charge in [0.25, 0.3) is 5.91 Å². The van der Waals surface area contributed by atoms with Gasteiger partial charge in [0.15, 0.2) is 17.3 Å². The Balaban J connectivity index is 2.27. The maximum Gasteiger partial charge on any atom is 0.258 e. The van der Waals surface area contributed by atoms with E-state index in [4.69, 9.17) is 30.5 Å². The summed E-state index contributed by atoms with van der Waals surface area (Å²) in [4.78, 5) is 24.8. The van der Waals surface area contributed by atoms with E-state index in [9.17, 15) is 9.59 Å². The molecule has 2 rings (SSSR count). The molecule has 0 aliphatic rings. The number of Topliss-reactive ketones (excluding diaryl/α,β-unsaturated/α-hetero) is 1. The Morgan fingerprint density at radius 2 is 1.62 bits per heavy atom. The summed E-state index contributed by atoms with van der Waals surface area (Å²) >= 11 is 6.17. The number of hydrogen-bond acceptors (Lipinski definition) is 8. The number of benzene rings is 2. The van der Waals surface area contributed by atoms with E-state index in [-0.39, 0.29) is 5.02 Å². The highest BCUT2D eigenvalue weighted by Crippen LogP contribution is 2.38. The molecule has 172 valence electrons. The molecule has 32 heavy (non-hydrogen) atoms. The maximum absolute atomic E-state index is 12.7. The molecule has 2 aromatic carbocycles. The second-order valence-corrected chi connectivity index (χ2v) is 6.85. The van der Waals surface area contributed by atoms with Crippen LogP contribution in [0.1, 0.15) is 20.8 Å². The Labute approximate surface area is 191 Å². The van der Waals surface area contributed by atoms with Gasteiger partial charge >= 0.3 is 0 Å². The van der Waals surface area contributed by atoms with E-state index in [1.165, 1.54) is 33.3 Å². The van der Waals surface area contributed by atoms with Crippen LogP contribution in [0.15, 0.2) is 40.6 Å². The third-order valence-electron chi connectivity index (χ3n) is 4.11. The second-order valence-electron chi connectivity index (χ2n) is 6.44. The molecular weight excluding hydrogens is 438 g/mol. The number of carbonyl (C=O) groups excluding carboxylic acids is 2. The van der Waals surface area contributed by atoms with E-state index in [1.54, 1.807) is 18.2 Å². The van der Waals surface area contributed by atoms with Crippen LogP contribution < -0.4 is 24.3 Å². The predicted molar refractivity (Wildman–Crippen MR) is 121 cm³/mol. The number of carbonyl (C=O) groups is 2. The molecule has 1 unspecified atom stereocenters. The average molecular weight is 464 g/mol. The number of ketones is 1. The fourth-order valence-electron chi connectivity index (χ4n) is 2.76. The summed E-state index contributed by atoms with van der Waals surface area (Å²) in [5, 5.41) is 10.9. The van der Waals surface area contributed by atoms with Crippen LogP contribution in [0, 0.1) is 0 Å². The molecule has 9 nitrogen and oxygen atoms in total. The van der Waals surface area contributed by atoms with Crippen LogP contribution in [0.5, 0.6) is 23.0 Å². The van der Waals surface area contributed by atoms with Gasteiger partial charge in [0.05, 0.1) is 38.1 Å². The lowest BCUT2D eigenvalue weighted by molar-refractivity contribution is -0.126. The molecular formula is C22H26ClN3O6. The van der Waals surface area contributed by atoms with Gasteiger partial charge in [-0.05, 0) is 26.8 Å². The van der Waals surface area contributed by atoms with E-state index in [1.807, 2.05) is 13.8 Å². The molecule has 0 heterocycles. The predicted octanol–water partition coefficient (Wildman–Crippen LogP) is 4.83. The van der Waals surface area contributed by atoms with Gasteiger partial charge in [-0.2, -0.15) is 10.2 Å². The van der Waals surface area contributed by atoms with Crippen molar-refractivity contribution in [2.75, 3.05) is 32.8 Å². The quantitative estimate of drug-likeness (QED) is 0.377. The first-order valence-electron chi connectivity index (χ1n) is 9.87. The van der Waals surface area contributed by atoms with Crippen molar-refractivity contribution >= 4 is 34.7 Å². The third-order valence-corrected chi connectivity index (χ3v) is 4.39. The zero-order valence-corrected chi connectivity index (χ0v) is 19.4. The van der Waals surface area contributed by atoms with Crippen molar-refractivity contribution in [3.63, 3.8) is 0 Å². The summed E-state index contributed by atoms with van der Waals surface area (Å²) < 4.78 is 21.4. The van der Waals surface area contributed by atoms with Crippen LogP contribution in [0.2, 0.25) is 5.02 Å². The first kappa shape index (κ1) is 24.9. The number of ether oxygens (including phenoxy) is 4. The highest BCUT2D eigenvalue weighted by molar-refractivity contribution is 6.32. The fraction of sp³-hybridized carbons (Fsp3) is 0.364. The molecule has 0 aliphatic heterocycles. The smallest absolute Gasteiger partial charge is 0.258 e. The Kier molecular flexibility index (Phi) is 9.27. The number of methoxy groups -OCH3 is 2. The summed E-state index contributed by atoms with van der Waals surface area (Å²) in [5.41, 5.74) is 0.698. The van der Waals surface area contributed by atoms with Gasteiger partial charge in [0.2, 0.25) is 6.04 Å². The van der Waals surface area contributed by atoms with Crippen molar-refractivity contribution in [2.24, 2.45) is 10.2 Å². The monoisotopic (exact) mass is 463 g/mol. The SMILES string of the molecule is CCOc1cc(N=NC(C(C)=O)C(=O)Nc2cc(Cl)c(OC)c(OC)c2)cc(OCC)c1. The molecule has 1 amide bonds. The van der Waals surface area contributed by atoms with Crippen LogP contribution in [-0.4, -0.2) is 45.2 Å². The number of hydrogen-bond donors (Lipinski definition) is 1. The minimum atomic E-state index is -1.37. The normalized spacial score (nSPS) is 11.7. The van der Waals surface area contributed by atoms with Gasteiger partial charge in [0, 0.05) is 30.0 Å². The van der Waals surface area contributed by atoms with Crippen molar-refractivity contribution in [1.29, 1.82) is 0 Å². The van der Waals surface area contributed by atoms with Gasteiger partial charge < -0.3 is 24.3 Å². The number of amides is 1. The van der Waals surface area contributed by atoms with Gasteiger partial charge in [-0.15, -0.1) is 0 Å². The highest BCUT2D eigenvalue weighted by atomic mass is 35.5. The number of azo groups is 1. The minimum Gasteiger partial charge on any atom is -0.494 e. The van der Waals surface area contributed by atoms with Crippen LogP contribution in [0.4, 0.5) is 11.4 Å². The van der Waals surface area contributed by atoms with Crippen molar-refractivity contribution in [3.05, 3.63) is 35.4 Å². The van der Waals surface area contributed by atoms with Crippen LogP contribution in [-0.2, 0) is 9.59 Å². The molecule has 0 saturated carbocycles. The van der Waals surface area contributed by atoms with E-state index in [0.29, 0.717) is 47.6 Å². The zero-order valence-electron chi connectivity index (χ0n) is 18.6. The molecule has 1 atom stereocenters. The van der Waals surface area contributed by atoms with Gasteiger partial charge in [-0.1, -0.05) is 11.6 Å². The Morgan fingerprint density at radius 1 is 1.00 bits per heavy atom. The number of nitrogens with one attached hydrogen (secondary N) is 1. The second kappa shape index (κ2) is 11.9. The van der Waals surface area contributed by atoms with Crippen molar-refractivity contribution < 1.29 is 28.5 Å². The Hall–Kier alpha value is -3.33. The molecule has 0 radical (unpaired) electrons. The van der Waals surface area contributed by atoms with E-state index < -0.39 is 17.7 Å². The molecule has 0 aromatic heterocycles. The first-order valence-corrected chi connectivity index (χ1v) is 10.2. The number of halogens is 1. The fourth-order valence-corrected chi connectivity index (χ4v) is 3.05. The first-order chi connectivity index (χ1) is 15.3. The molecule has 10 heteroatoms.